The Balaban J connectivity index is 0.00000187. The first-order chi connectivity index (χ1) is 24.2. The second-order valence-corrected chi connectivity index (χ2v) is 17.3. The van der Waals surface area contributed by atoms with E-state index in [0.29, 0.717) is 10.0 Å². The third-order valence-electron chi connectivity index (χ3n) is 10.7. The predicted octanol–water partition coefficient (Wildman–Crippen LogP) is 6.41. The zero-order chi connectivity index (χ0) is 36.0. The molecule has 6 aromatic rings. The van der Waals surface area contributed by atoms with Gasteiger partial charge >= 0.3 is 26.2 Å². The molecule has 271 valence electrons. The zero-order valence-electron chi connectivity index (χ0n) is 32.0. The van der Waals surface area contributed by atoms with Crippen molar-refractivity contribution in [2.45, 2.75) is 72.6 Å². The van der Waals surface area contributed by atoms with Gasteiger partial charge in [0.2, 0.25) is 0 Å². The first-order valence-corrected chi connectivity index (χ1v) is 18.7. The van der Waals surface area contributed by atoms with Gasteiger partial charge in [-0.15, -0.1) is 33.4 Å². The zero-order valence-corrected chi connectivity index (χ0v) is 37.5. The quantitative estimate of drug-likeness (QED) is 0.180. The number of aryl methyl sites for hydroxylation is 1. The maximum absolute atomic E-state index is 7.09. The average Bonchev–Trinajstić information content (AvgIpc) is 3.71. The van der Waals surface area contributed by atoms with Crippen LogP contribution in [0.15, 0.2) is 103 Å². The fraction of sp³-hybridized carbons (Fsp3) is 0.224. The number of halogens is 4. The standard InChI is InChI=1S/C49H43Cl2.2ClH.Zr/c1-28-21-33-24-41-43(30-15-9-10-16-30)29(2)47(49(6,7)8)46(44(41)38(33)27-42(28)48(3,4)5)45(39-25-34(50)22-31-17-11-13-19-36(31)39)40-26-35(51)23-32-18-12-14-20-37(32)40;;;/h9-15,17-23,25-27H,16H2,1-8H3;2*1H;/q-1;;;+3/p-2. The second kappa shape index (κ2) is 15.6. The summed E-state index contributed by atoms with van der Waals surface area (Å²) in [5.74, 6) is 0. The molecule has 1 radical (unpaired) electrons. The van der Waals surface area contributed by atoms with Crippen LogP contribution in [0.25, 0.3) is 38.8 Å². The van der Waals surface area contributed by atoms with E-state index < -0.39 is 0 Å². The molecule has 0 spiro atoms. The fourth-order valence-corrected chi connectivity index (χ4v) is 9.28. The van der Waals surface area contributed by atoms with Gasteiger partial charge in [-0.2, -0.15) is 0 Å². The summed E-state index contributed by atoms with van der Waals surface area (Å²) >= 11 is 14.2. The topological polar surface area (TPSA) is 0 Å². The van der Waals surface area contributed by atoms with E-state index in [1.54, 1.807) is 0 Å². The van der Waals surface area contributed by atoms with Gasteiger partial charge in [-0.25, -0.2) is 0 Å². The van der Waals surface area contributed by atoms with Crippen LogP contribution in [0, 0.1) is 24.3 Å². The van der Waals surface area contributed by atoms with E-state index in [1.807, 2.05) is 0 Å². The minimum atomic E-state index is -0.218. The number of rotatable bonds is 3. The number of fused-ring (bicyclic) bond motifs is 4. The Hall–Kier alpha value is -2.90. The molecule has 0 saturated carbocycles. The van der Waals surface area contributed by atoms with Gasteiger partial charge in [-0.05, 0) is 104 Å². The van der Waals surface area contributed by atoms with Crippen LogP contribution in [0.4, 0.5) is 0 Å². The molecule has 0 fully saturated rings. The summed E-state index contributed by atoms with van der Waals surface area (Å²) in [4.78, 5) is 0. The van der Waals surface area contributed by atoms with E-state index >= 15 is 0 Å². The summed E-state index contributed by atoms with van der Waals surface area (Å²) in [6.45, 7) is 18.6. The molecular weight excluding hydrogens is 822 g/mol. The van der Waals surface area contributed by atoms with Gasteiger partial charge in [-0.1, -0.05) is 165 Å². The van der Waals surface area contributed by atoms with Gasteiger partial charge in [0.15, 0.2) is 0 Å². The molecule has 2 aliphatic carbocycles. The Morgan fingerprint density at radius 2 is 1.26 bits per heavy atom. The van der Waals surface area contributed by atoms with Gasteiger partial charge in [-0.3, -0.25) is 0 Å². The van der Waals surface area contributed by atoms with E-state index in [4.69, 9.17) is 23.2 Å². The maximum atomic E-state index is 7.09. The molecule has 6 aromatic carbocycles. The Kier molecular flexibility index (Phi) is 12.2. The van der Waals surface area contributed by atoms with Crippen molar-refractivity contribution in [3.8, 4) is 0 Å². The van der Waals surface area contributed by atoms with Crippen molar-refractivity contribution in [2.24, 2.45) is 0 Å². The number of allylic oxidation sites excluding steroid dienone is 4. The molecule has 0 saturated heterocycles. The first kappa shape index (κ1) is 42.2. The molecule has 0 amide bonds. The van der Waals surface area contributed by atoms with E-state index in [1.165, 1.54) is 54.6 Å². The van der Waals surface area contributed by atoms with Crippen LogP contribution in [-0.4, -0.2) is 0 Å². The van der Waals surface area contributed by atoms with Gasteiger partial charge in [0, 0.05) is 10.0 Å². The molecule has 0 aromatic heterocycles. The minimum absolute atomic E-state index is 0. The Morgan fingerprint density at radius 1 is 0.704 bits per heavy atom. The summed E-state index contributed by atoms with van der Waals surface area (Å²) in [7, 11) is 0. The van der Waals surface area contributed by atoms with Crippen LogP contribution >= 0.6 is 23.2 Å². The Morgan fingerprint density at radius 3 is 1.76 bits per heavy atom. The van der Waals surface area contributed by atoms with Gasteiger partial charge in [0.25, 0.3) is 0 Å². The Bertz CT molecular complexity index is 2690. The van der Waals surface area contributed by atoms with Gasteiger partial charge < -0.3 is 24.8 Å². The molecule has 8 rings (SSSR count). The summed E-state index contributed by atoms with van der Waals surface area (Å²) in [6, 6.07) is 30.5. The van der Waals surface area contributed by atoms with Gasteiger partial charge in [0.05, 0.1) is 0 Å². The number of hydrogen-bond acceptors (Lipinski definition) is 0. The minimum Gasteiger partial charge on any atom is -1.00 e. The SMILES string of the molecule is Cc1cc2c(cc1C(C)(C)C)=c1c(c(C3=CC=CC3)c(C)c(C(C)(C)C)c1=C(c1cc(Cl)cc3ccccc13)c1cc(Cl)cc3ccccc13)[C-]=2.[Cl-].[Cl-].[Zr+3]. The van der Waals surface area contributed by atoms with E-state index in [2.05, 4.69) is 165 Å². The molecule has 2 aliphatic rings. The predicted molar refractivity (Wildman–Crippen MR) is 220 cm³/mol. The average molecular weight is 865 g/mol. The molecule has 54 heavy (non-hydrogen) atoms. The van der Waals surface area contributed by atoms with Crippen molar-refractivity contribution in [1.29, 1.82) is 0 Å². The van der Waals surface area contributed by atoms with Crippen molar-refractivity contribution in [3.05, 3.63) is 179 Å². The fourth-order valence-electron chi connectivity index (χ4n) is 8.83. The largest absolute Gasteiger partial charge is 3.00 e. The summed E-state index contributed by atoms with van der Waals surface area (Å²) < 4.78 is 0. The first-order valence-electron chi connectivity index (χ1n) is 18.0. The summed E-state index contributed by atoms with van der Waals surface area (Å²) in [6.07, 6.45) is 11.7. The smallest absolute Gasteiger partial charge is 1.00 e. The monoisotopic (exact) mass is 861 g/mol. The second-order valence-electron chi connectivity index (χ2n) is 16.4. The molecule has 0 unspecified atom stereocenters. The third kappa shape index (κ3) is 7.15. The summed E-state index contributed by atoms with van der Waals surface area (Å²) in [5.41, 5.74) is 12.2. The van der Waals surface area contributed by atoms with Crippen molar-refractivity contribution in [1.82, 2.24) is 0 Å². The van der Waals surface area contributed by atoms with E-state index in [0.717, 1.165) is 49.9 Å². The van der Waals surface area contributed by atoms with Crippen LogP contribution < -0.4 is 35.3 Å². The molecule has 0 aliphatic heterocycles. The summed E-state index contributed by atoms with van der Waals surface area (Å²) in [5, 5.41) is 10.8. The number of hydrogen-bond donors (Lipinski definition) is 0. The van der Waals surface area contributed by atoms with Crippen LogP contribution in [0.3, 0.4) is 0 Å². The van der Waals surface area contributed by atoms with Crippen LogP contribution in [0.5, 0.6) is 0 Å². The Labute approximate surface area is 361 Å². The molecule has 0 N–H and O–H groups in total. The van der Waals surface area contributed by atoms with E-state index in [9.17, 15) is 0 Å². The molecule has 0 nitrogen and oxygen atoms in total. The maximum Gasteiger partial charge on any atom is 3.00 e. The molecule has 0 atom stereocenters. The molecule has 5 heteroatoms. The van der Waals surface area contributed by atoms with Crippen LogP contribution in [0.1, 0.15) is 92.5 Å². The van der Waals surface area contributed by atoms with Crippen molar-refractivity contribution in [3.63, 3.8) is 0 Å². The number of benzene rings is 6. The van der Waals surface area contributed by atoms with Gasteiger partial charge in [0.1, 0.15) is 0 Å². The van der Waals surface area contributed by atoms with Crippen molar-refractivity contribution >= 4 is 62.0 Å². The molecular formula is C49H43Cl4Zr. The third-order valence-corrected chi connectivity index (χ3v) is 11.2. The molecule has 0 bridgehead atoms. The van der Waals surface area contributed by atoms with Crippen molar-refractivity contribution < 1.29 is 51.0 Å². The molecule has 0 heterocycles. The normalized spacial score (nSPS) is 13.0. The van der Waals surface area contributed by atoms with Crippen molar-refractivity contribution in [2.75, 3.05) is 0 Å². The van der Waals surface area contributed by atoms with Crippen LogP contribution in [-0.2, 0) is 37.0 Å². The van der Waals surface area contributed by atoms with Crippen LogP contribution in [0.2, 0.25) is 10.0 Å². The van der Waals surface area contributed by atoms with E-state index in [-0.39, 0.29) is 61.8 Å².